The van der Waals surface area contributed by atoms with Crippen LogP contribution in [-0.4, -0.2) is 31.7 Å². The molecule has 1 heterocycles. The first kappa shape index (κ1) is 22.9. The van der Waals surface area contributed by atoms with Gasteiger partial charge >= 0.3 is 0 Å². The largest absolute Gasteiger partial charge is 0.325 e. The van der Waals surface area contributed by atoms with E-state index in [0.717, 1.165) is 46.3 Å². The summed E-state index contributed by atoms with van der Waals surface area (Å²) in [5, 5.41) is 3.10. The quantitative estimate of drug-likeness (QED) is 0.627. The number of nitrogens with zero attached hydrogens (tertiary/aromatic N) is 1. The molecule has 1 amide bonds. The summed E-state index contributed by atoms with van der Waals surface area (Å²) in [6.45, 7) is 4.63. The summed E-state index contributed by atoms with van der Waals surface area (Å²) in [4.78, 5) is 13.0. The molecule has 2 aromatic carbocycles. The molecule has 0 aliphatic carbocycles. The first-order chi connectivity index (χ1) is 14.3. The highest BCUT2D eigenvalue weighted by Gasteiger charge is 2.32. The Labute approximate surface area is 185 Å². The van der Waals surface area contributed by atoms with Crippen LogP contribution in [0, 0.1) is 11.7 Å². The summed E-state index contributed by atoms with van der Waals surface area (Å²) in [5.74, 6) is -0.793. The monoisotopic (exact) mass is 496 g/mol. The molecule has 162 valence electrons. The topological polar surface area (TPSA) is 66.5 Å². The average molecular weight is 497 g/mol. The number of aryl methyl sites for hydroxylation is 2. The number of hydrogen-bond acceptors (Lipinski definition) is 3. The first-order valence-electron chi connectivity index (χ1n) is 10.1. The molecule has 1 N–H and O–H groups in total. The van der Waals surface area contributed by atoms with Gasteiger partial charge in [0.05, 0.1) is 4.90 Å². The lowest BCUT2D eigenvalue weighted by atomic mass is 9.96. The molecular weight excluding hydrogens is 471 g/mol. The lowest BCUT2D eigenvalue weighted by Gasteiger charge is -2.31. The predicted molar refractivity (Wildman–Crippen MR) is 119 cm³/mol. The number of carbonyl (C=O) groups excluding carboxylic acids is 1. The maximum atomic E-state index is 13.1. The van der Waals surface area contributed by atoms with E-state index in [4.69, 9.17) is 0 Å². The summed E-state index contributed by atoms with van der Waals surface area (Å²) in [6, 6.07) is 8.87. The number of piperidine rings is 1. The molecule has 1 aliphatic rings. The van der Waals surface area contributed by atoms with Crippen LogP contribution in [0.4, 0.5) is 10.1 Å². The predicted octanol–water partition coefficient (Wildman–Crippen LogP) is 4.75. The lowest BCUT2D eigenvalue weighted by molar-refractivity contribution is -0.120. The number of halogens is 2. The maximum absolute atomic E-state index is 13.1. The molecular formula is C22H26BrFN2O3S. The van der Waals surface area contributed by atoms with Crippen molar-refractivity contribution in [3.05, 3.63) is 57.8 Å². The minimum atomic E-state index is -3.68. The number of carbonyl (C=O) groups is 1. The van der Waals surface area contributed by atoms with E-state index in [1.165, 1.54) is 16.4 Å². The summed E-state index contributed by atoms with van der Waals surface area (Å²) in [6.07, 6.45) is 2.50. The Bertz CT molecular complexity index is 992. The second-order valence-corrected chi connectivity index (χ2v) is 10.3. The third-order valence-corrected chi connectivity index (χ3v) is 7.92. The Balaban J connectivity index is 1.68. The van der Waals surface area contributed by atoms with Crippen molar-refractivity contribution in [1.29, 1.82) is 0 Å². The molecule has 0 atom stereocenters. The van der Waals surface area contributed by atoms with E-state index in [0.29, 0.717) is 12.8 Å². The van der Waals surface area contributed by atoms with Gasteiger partial charge in [-0.15, -0.1) is 0 Å². The van der Waals surface area contributed by atoms with Crippen LogP contribution >= 0.6 is 15.9 Å². The third-order valence-electron chi connectivity index (χ3n) is 5.55. The maximum Gasteiger partial charge on any atom is 0.243 e. The van der Waals surface area contributed by atoms with Crippen molar-refractivity contribution in [2.45, 2.75) is 44.4 Å². The Morgan fingerprint density at radius 1 is 1.10 bits per heavy atom. The van der Waals surface area contributed by atoms with Crippen molar-refractivity contribution in [3.63, 3.8) is 0 Å². The zero-order valence-electron chi connectivity index (χ0n) is 17.1. The average Bonchev–Trinajstić information content (AvgIpc) is 2.74. The van der Waals surface area contributed by atoms with Crippen molar-refractivity contribution in [3.8, 4) is 0 Å². The highest BCUT2D eigenvalue weighted by Crippen LogP contribution is 2.30. The van der Waals surface area contributed by atoms with E-state index < -0.39 is 15.8 Å². The van der Waals surface area contributed by atoms with Gasteiger partial charge in [-0.05, 0) is 73.2 Å². The van der Waals surface area contributed by atoms with E-state index in [-0.39, 0.29) is 29.8 Å². The molecule has 5 nitrogen and oxygen atoms in total. The molecule has 0 bridgehead atoms. The van der Waals surface area contributed by atoms with Crippen molar-refractivity contribution < 1.29 is 17.6 Å². The van der Waals surface area contributed by atoms with Crippen LogP contribution in [0.5, 0.6) is 0 Å². The van der Waals surface area contributed by atoms with E-state index >= 15 is 0 Å². The molecule has 1 saturated heterocycles. The summed E-state index contributed by atoms with van der Waals surface area (Å²) in [5.41, 5.74) is 3.02. The molecule has 1 fully saturated rings. The van der Waals surface area contributed by atoms with Gasteiger partial charge in [-0.25, -0.2) is 12.8 Å². The van der Waals surface area contributed by atoms with E-state index in [1.54, 1.807) is 0 Å². The van der Waals surface area contributed by atoms with Gasteiger partial charge in [0.15, 0.2) is 0 Å². The highest BCUT2D eigenvalue weighted by atomic mass is 79.9. The van der Waals surface area contributed by atoms with Crippen LogP contribution in [0.1, 0.15) is 37.8 Å². The second-order valence-electron chi connectivity index (χ2n) is 7.43. The molecule has 8 heteroatoms. The smallest absolute Gasteiger partial charge is 0.243 e. The van der Waals surface area contributed by atoms with Gasteiger partial charge in [-0.3, -0.25) is 4.79 Å². The second kappa shape index (κ2) is 9.58. The Morgan fingerprint density at radius 2 is 1.63 bits per heavy atom. The Hall–Kier alpha value is -1.77. The van der Waals surface area contributed by atoms with Gasteiger partial charge in [0.2, 0.25) is 15.9 Å². The molecule has 0 saturated carbocycles. The molecule has 2 aromatic rings. The van der Waals surface area contributed by atoms with E-state index in [1.807, 2.05) is 12.1 Å². The fourth-order valence-electron chi connectivity index (χ4n) is 3.78. The molecule has 30 heavy (non-hydrogen) atoms. The summed E-state index contributed by atoms with van der Waals surface area (Å²) >= 11 is 3.52. The van der Waals surface area contributed by atoms with Crippen LogP contribution in [-0.2, 0) is 27.7 Å². The van der Waals surface area contributed by atoms with Gasteiger partial charge in [0.25, 0.3) is 0 Å². The lowest BCUT2D eigenvalue weighted by Crippen LogP contribution is -2.41. The van der Waals surface area contributed by atoms with Crippen molar-refractivity contribution in [1.82, 2.24) is 4.31 Å². The normalized spacial score (nSPS) is 15.9. The number of rotatable bonds is 6. The van der Waals surface area contributed by atoms with E-state index in [2.05, 4.69) is 35.1 Å². The van der Waals surface area contributed by atoms with Crippen LogP contribution in [0.25, 0.3) is 0 Å². The fourth-order valence-corrected chi connectivity index (χ4v) is 5.80. The molecule has 0 radical (unpaired) electrons. The van der Waals surface area contributed by atoms with Crippen LogP contribution in [0.3, 0.4) is 0 Å². The third kappa shape index (κ3) is 4.92. The minimum absolute atomic E-state index is 0.0689. The Kier molecular flexibility index (Phi) is 7.31. The van der Waals surface area contributed by atoms with Crippen molar-refractivity contribution >= 4 is 37.5 Å². The summed E-state index contributed by atoms with van der Waals surface area (Å²) < 4.78 is 41.0. The molecule has 3 rings (SSSR count). The van der Waals surface area contributed by atoms with E-state index in [9.17, 15) is 17.6 Å². The van der Waals surface area contributed by atoms with Gasteiger partial charge in [0.1, 0.15) is 5.82 Å². The van der Waals surface area contributed by atoms with Crippen LogP contribution in [0.2, 0.25) is 0 Å². The number of anilines is 1. The number of sulfonamides is 1. The minimum Gasteiger partial charge on any atom is -0.325 e. The number of hydrogen-bond donors (Lipinski definition) is 1. The SMILES string of the molecule is CCc1cc(Br)cc(CC)c1NC(=O)C1CCN(S(=O)(=O)c2ccc(F)cc2)CC1. The summed E-state index contributed by atoms with van der Waals surface area (Å²) in [7, 11) is -3.68. The van der Waals surface area contributed by atoms with Crippen LogP contribution in [0.15, 0.2) is 45.8 Å². The first-order valence-corrected chi connectivity index (χ1v) is 12.4. The zero-order valence-corrected chi connectivity index (χ0v) is 19.5. The van der Waals surface area contributed by atoms with Gasteiger partial charge in [0, 0.05) is 29.2 Å². The number of nitrogens with one attached hydrogen (secondary N) is 1. The molecule has 0 aromatic heterocycles. The van der Waals surface area contributed by atoms with Gasteiger partial charge in [-0.1, -0.05) is 29.8 Å². The fraction of sp³-hybridized carbons (Fsp3) is 0.409. The van der Waals surface area contributed by atoms with Gasteiger partial charge in [-0.2, -0.15) is 4.31 Å². The van der Waals surface area contributed by atoms with Crippen molar-refractivity contribution in [2.75, 3.05) is 18.4 Å². The zero-order chi connectivity index (χ0) is 21.9. The number of amides is 1. The molecule has 0 spiro atoms. The molecule has 0 unspecified atom stereocenters. The Morgan fingerprint density at radius 3 is 2.13 bits per heavy atom. The highest BCUT2D eigenvalue weighted by molar-refractivity contribution is 9.10. The molecule has 1 aliphatic heterocycles. The van der Waals surface area contributed by atoms with Crippen molar-refractivity contribution in [2.24, 2.45) is 5.92 Å². The van der Waals surface area contributed by atoms with Gasteiger partial charge < -0.3 is 5.32 Å². The number of benzene rings is 2. The van der Waals surface area contributed by atoms with Crippen LogP contribution < -0.4 is 5.32 Å². The standard InChI is InChI=1S/C22H26BrFN2O3S/c1-3-15-13-18(23)14-16(4-2)21(15)25-22(27)17-9-11-26(12-10-17)30(28,29)20-7-5-19(24)6-8-20/h5-8,13-14,17H,3-4,9-12H2,1-2H3,(H,25,27).